The zero-order valence-corrected chi connectivity index (χ0v) is 19.6. The maximum atomic E-state index is 13.1. The van der Waals surface area contributed by atoms with Crippen molar-refractivity contribution in [2.45, 2.75) is 13.1 Å². The molecule has 0 spiro atoms. The largest absolute Gasteiger partial charge is 0.416 e. The maximum Gasteiger partial charge on any atom is 0.416 e. The second-order valence-corrected chi connectivity index (χ2v) is 8.99. The summed E-state index contributed by atoms with van der Waals surface area (Å²) in [7, 11) is 0. The minimum absolute atomic E-state index is 0.214. The number of nitrogens with one attached hydrogen (secondary N) is 2. The molecule has 0 unspecified atom stereocenters. The lowest BCUT2D eigenvalue weighted by atomic mass is 10.2. The number of benzene rings is 2. The lowest BCUT2D eigenvalue weighted by Crippen LogP contribution is -2.13. The molecule has 3 aromatic heterocycles. The maximum absolute atomic E-state index is 13.1. The summed E-state index contributed by atoms with van der Waals surface area (Å²) < 4.78 is 40.8. The zero-order chi connectivity index (χ0) is 25.4. The van der Waals surface area contributed by atoms with Gasteiger partial charge in [-0.15, -0.1) is 0 Å². The number of imidazole rings is 1. The average molecular weight is 509 g/mol. The second-order valence-electron chi connectivity index (χ2n) is 7.96. The molecule has 5 rings (SSSR count). The van der Waals surface area contributed by atoms with Gasteiger partial charge in [-0.1, -0.05) is 23.5 Å². The van der Waals surface area contributed by atoms with E-state index in [9.17, 15) is 18.0 Å². The van der Waals surface area contributed by atoms with Gasteiger partial charge in [-0.2, -0.15) is 13.2 Å². The average Bonchev–Trinajstić information content (AvgIpc) is 3.42. The van der Waals surface area contributed by atoms with Gasteiger partial charge in [-0.25, -0.2) is 9.97 Å². The Morgan fingerprint density at radius 3 is 2.56 bits per heavy atom. The van der Waals surface area contributed by atoms with Gasteiger partial charge < -0.3 is 16.4 Å². The second kappa shape index (κ2) is 9.00. The van der Waals surface area contributed by atoms with E-state index in [-0.39, 0.29) is 11.6 Å². The molecule has 2 aromatic carbocycles. The Balaban J connectivity index is 1.32. The molecule has 5 aromatic rings. The number of nitrogens with two attached hydrogens (primary N) is 1. The minimum Gasteiger partial charge on any atom is -0.397 e. The molecule has 0 bridgehead atoms. The number of anilines is 4. The quantitative estimate of drug-likeness (QED) is 0.240. The van der Waals surface area contributed by atoms with E-state index in [1.165, 1.54) is 17.5 Å². The van der Waals surface area contributed by atoms with Gasteiger partial charge in [0.05, 0.1) is 33.2 Å². The molecule has 0 fully saturated rings. The first-order valence-electron chi connectivity index (χ1n) is 10.7. The molecule has 0 atom stereocenters. The van der Waals surface area contributed by atoms with Crippen molar-refractivity contribution in [2.75, 3.05) is 16.4 Å². The van der Waals surface area contributed by atoms with E-state index in [0.717, 1.165) is 22.7 Å². The molecule has 0 saturated heterocycles. The van der Waals surface area contributed by atoms with Crippen LogP contribution in [0.5, 0.6) is 0 Å². The third-order valence-corrected chi connectivity index (χ3v) is 6.39. The molecule has 0 aliphatic carbocycles. The molecule has 11 heteroatoms. The number of alkyl halides is 3. The Kier molecular flexibility index (Phi) is 5.84. The van der Waals surface area contributed by atoms with E-state index in [2.05, 4.69) is 20.6 Å². The van der Waals surface area contributed by atoms with Gasteiger partial charge in [0.2, 0.25) is 0 Å². The highest BCUT2D eigenvalue weighted by Crippen LogP contribution is 2.35. The van der Waals surface area contributed by atoms with E-state index in [0.29, 0.717) is 33.5 Å². The summed E-state index contributed by atoms with van der Waals surface area (Å²) in [6.07, 6.45) is -1.42. The standard InChI is InChI=1S/C25H19F3N6OS/c1-14-22(34-11-10-16(25(26,27)28)12-21(34)31-14)20-13-30-24(36-20)32-17-8-6-15(7-9-17)23(35)33-19-5-3-2-4-18(19)29/h2-13H,29H2,1H3,(H,30,32)(H,33,35). The van der Waals surface area contributed by atoms with Crippen LogP contribution in [0.25, 0.3) is 16.2 Å². The van der Waals surface area contributed by atoms with E-state index >= 15 is 0 Å². The number of nitrogens with zero attached hydrogens (tertiary/aromatic N) is 3. The number of carbonyl (C=O) groups excluding carboxylic acids is 1. The fourth-order valence-electron chi connectivity index (χ4n) is 3.71. The Morgan fingerprint density at radius 2 is 1.83 bits per heavy atom. The van der Waals surface area contributed by atoms with Crippen LogP contribution in [0.1, 0.15) is 21.6 Å². The van der Waals surface area contributed by atoms with Crippen LogP contribution in [0.2, 0.25) is 0 Å². The minimum atomic E-state index is -4.44. The van der Waals surface area contributed by atoms with Crippen molar-refractivity contribution in [1.82, 2.24) is 14.4 Å². The number of hydrogen-bond donors (Lipinski definition) is 3. The predicted octanol–water partition coefficient (Wildman–Crippen LogP) is 6.36. The molecule has 0 radical (unpaired) electrons. The summed E-state index contributed by atoms with van der Waals surface area (Å²) in [6, 6.07) is 15.9. The molecule has 7 nitrogen and oxygen atoms in total. The molecule has 1 amide bonds. The van der Waals surface area contributed by atoms with Crippen LogP contribution in [-0.4, -0.2) is 20.3 Å². The molecule has 4 N–H and O–H groups in total. The summed E-state index contributed by atoms with van der Waals surface area (Å²) >= 11 is 1.34. The number of fused-ring (bicyclic) bond motifs is 1. The zero-order valence-electron chi connectivity index (χ0n) is 18.8. The monoisotopic (exact) mass is 508 g/mol. The highest BCUT2D eigenvalue weighted by molar-refractivity contribution is 7.18. The predicted molar refractivity (Wildman–Crippen MR) is 135 cm³/mol. The van der Waals surface area contributed by atoms with Crippen molar-refractivity contribution in [3.63, 3.8) is 0 Å². The molecule has 182 valence electrons. The molecule has 0 aliphatic rings. The van der Waals surface area contributed by atoms with Crippen LogP contribution in [0.4, 0.5) is 35.4 Å². The number of carbonyl (C=O) groups is 1. The van der Waals surface area contributed by atoms with Crippen molar-refractivity contribution in [1.29, 1.82) is 0 Å². The highest BCUT2D eigenvalue weighted by atomic mass is 32.1. The van der Waals surface area contributed by atoms with E-state index in [1.807, 2.05) is 0 Å². The Hall–Kier alpha value is -4.38. The fourth-order valence-corrected chi connectivity index (χ4v) is 4.64. The van der Waals surface area contributed by atoms with Gasteiger partial charge >= 0.3 is 6.18 Å². The van der Waals surface area contributed by atoms with Crippen molar-refractivity contribution in [2.24, 2.45) is 0 Å². The molecule has 0 saturated carbocycles. The number of rotatable bonds is 5. The van der Waals surface area contributed by atoms with Crippen molar-refractivity contribution in [3.05, 3.63) is 89.9 Å². The summed E-state index contributed by atoms with van der Waals surface area (Å²) in [6.45, 7) is 1.75. The first-order chi connectivity index (χ1) is 17.2. The number of aryl methyl sites for hydroxylation is 1. The fraction of sp³-hybridized carbons (Fsp3) is 0.0800. The molecular formula is C25H19F3N6OS. The smallest absolute Gasteiger partial charge is 0.397 e. The van der Waals surface area contributed by atoms with Gasteiger partial charge in [0.25, 0.3) is 5.91 Å². The number of amides is 1. The van der Waals surface area contributed by atoms with Crippen LogP contribution in [0.3, 0.4) is 0 Å². The summed E-state index contributed by atoms with van der Waals surface area (Å²) in [5, 5.41) is 6.55. The number of aromatic nitrogens is 3. The lowest BCUT2D eigenvalue weighted by Gasteiger charge is -2.08. The SMILES string of the molecule is Cc1nc2cc(C(F)(F)F)ccn2c1-c1cnc(Nc2ccc(C(=O)Nc3ccccc3N)cc2)s1. The molecule has 0 aliphatic heterocycles. The normalized spacial score (nSPS) is 11.6. The third-order valence-electron chi connectivity index (χ3n) is 5.47. The van der Waals surface area contributed by atoms with Crippen LogP contribution in [0, 0.1) is 6.92 Å². The number of hydrogen-bond acceptors (Lipinski definition) is 6. The van der Waals surface area contributed by atoms with Gasteiger partial charge in [-0.3, -0.25) is 9.20 Å². The van der Waals surface area contributed by atoms with Gasteiger partial charge in [-0.05, 0) is 55.5 Å². The first kappa shape index (κ1) is 23.4. The van der Waals surface area contributed by atoms with Gasteiger partial charge in [0.1, 0.15) is 5.65 Å². The van der Waals surface area contributed by atoms with Gasteiger partial charge in [0.15, 0.2) is 5.13 Å². The number of para-hydroxylation sites is 2. The first-order valence-corrected chi connectivity index (χ1v) is 11.6. The van der Waals surface area contributed by atoms with Crippen LogP contribution in [-0.2, 0) is 6.18 Å². The molecular weight excluding hydrogens is 489 g/mol. The number of nitrogen functional groups attached to an aromatic ring is 1. The van der Waals surface area contributed by atoms with Crippen molar-refractivity contribution < 1.29 is 18.0 Å². The lowest BCUT2D eigenvalue weighted by molar-refractivity contribution is -0.137. The van der Waals surface area contributed by atoms with E-state index < -0.39 is 11.7 Å². The Bertz CT molecular complexity index is 1570. The summed E-state index contributed by atoms with van der Waals surface area (Å²) in [4.78, 5) is 21.9. The number of thiazole rings is 1. The highest BCUT2D eigenvalue weighted by Gasteiger charge is 2.31. The van der Waals surface area contributed by atoms with Crippen molar-refractivity contribution in [3.8, 4) is 10.6 Å². The third kappa shape index (κ3) is 4.60. The van der Waals surface area contributed by atoms with Crippen LogP contribution in [0.15, 0.2) is 73.1 Å². The van der Waals surface area contributed by atoms with E-state index in [4.69, 9.17) is 5.73 Å². The number of halogens is 3. The van der Waals surface area contributed by atoms with Crippen molar-refractivity contribution >= 4 is 45.1 Å². The van der Waals surface area contributed by atoms with Crippen LogP contribution >= 0.6 is 11.3 Å². The van der Waals surface area contributed by atoms with Gasteiger partial charge in [0, 0.05) is 23.6 Å². The Labute approximate surface area is 207 Å². The van der Waals surface area contributed by atoms with Crippen LogP contribution < -0.4 is 16.4 Å². The summed E-state index contributed by atoms with van der Waals surface area (Å²) in [5.74, 6) is -0.284. The number of pyridine rings is 1. The molecule has 36 heavy (non-hydrogen) atoms. The topological polar surface area (TPSA) is 97.3 Å². The van der Waals surface area contributed by atoms with E-state index in [1.54, 1.807) is 66.1 Å². The summed E-state index contributed by atoms with van der Waals surface area (Å²) in [5.41, 5.74) is 8.81. The molecule has 3 heterocycles. The Morgan fingerprint density at radius 1 is 1.08 bits per heavy atom.